The number of carboxylic acid groups (broad SMARTS) is 1. The molecule has 0 aliphatic heterocycles. The van der Waals surface area contributed by atoms with Gasteiger partial charge in [0.1, 0.15) is 11.9 Å². The van der Waals surface area contributed by atoms with Crippen molar-refractivity contribution in [2.75, 3.05) is 7.05 Å². The van der Waals surface area contributed by atoms with Crippen LogP contribution in [-0.2, 0) is 11.3 Å². The van der Waals surface area contributed by atoms with Crippen LogP contribution in [0.4, 0.5) is 18.0 Å². The minimum atomic E-state index is -4.57. The van der Waals surface area contributed by atoms with Crippen molar-refractivity contribution in [1.29, 1.82) is 0 Å². The number of alkyl halides is 3. The number of nitrogens with one attached hydrogen (secondary N) is 1. The lowest BCUT2D eigenvalue weighted by atomic mass is 9.81. The van der Waals surface area contributed by atoms with Crippen molar-refractivity contribution >= 4 is 12.4 Å². The third-order valence-corrected chi connectivity index (χ3v) is 5.01. The Morgan fingerprint density at radius 2 is 1.97 bits per heavy atom. The second-order valence-electron chi connectivity index (χ2n) is 7.08. The van der Waals surface area contributed by atoms with Crippen LogP contribution in [0.5, 0.6) is 0 Å². The van der Waals surface area contributed by atoms with Crippen LogP contribution < -0.4 is 0 Å². The Hall–Kier alpha value is -2.76. The monoisotopic (exact) mass is 416 g/mol. The molecule has 1 aliphatic carbocycles. The Bertz CT molecular complexity index is 764. The number of aromatic amines is 1. The number of tetrazole rings is 1. The van der Waals surface area contributed by atoms with E-state index in [0.29, 0.717) is 12.7 Å². The molecule has 1 aromatic rings. The van der Waals surface area contributed by atoms with Crippen molar-refractivity contribution in [3.8, 4) is 0 Å². The van der Waals surface area contributed by atoms with Gasteiger partial charge in [-0.3, -0.25) is 9.80 Å². The predicted octanol–water partition coefficient (Wildman–Crippen LogP) is 2.37. The molecule has 1 atom stereocenters. The number of carbonyl (C=O) groups is 2. The van der Waals surface area contributed by atoms with E-state index in [2.05, 4.69) is 20.6 Å². The molecule has 1 aromatic heterocycles. The van der Waals surface area contributed by atoms with E-state index in [1.165, 1.54) is 11.9 Å². The van der Waals surface area contributed by atoms with Crippen molar-refractivity contribution in [2.24, 2.45) is 5.41 Å². The summed E-state index contributed by atoms with van der Waals surface area (Å²) in [5.41, 5.74) is -3.92. The molecule has 12 heteroatoms. The minimum Gasteiger partial charge on any atom is -0.465 e. The van der Waals surface area contributed by atoms with Crippen LogP contribution in [0.3, 0.4) is 0 Å². The van der Waals surface area contributed by atoms with Crippen LogP contribution >= 0.6 is 0 Å². The summed E-state index contributed by atoms with van der Waals surface area (Å²) in [6.45, 7) is 2.75. The van der Waals surface area contributed by atoms with E-state index in [4.69, 9.17) is 0 Å². The zero-order valence-electron chi connectivity index (χ0n) is 16.2. The normalized spacial score (nSPS) is 25.2. The molecule has 0 saturated heterocycles. The topological polar surface area (TPSA) is 115 Å². The van der Waals surface area contributed by atoms with Gasteiger partial charge in [0.2, 0.25) is 0 Å². The molecule has 0 spiro atoms. The minimum absolute atomic E-state index is 0.00804. The largest absolute Gasteiger partial charge is 0.465 e. The standard InChI is InChI=1S/C17H23F3N6O3/c1-4-5-12(11-27)26(14(28)29)16(25(3)10-13-21-23-24-22-13)8-6-15(2,7-9-16)17(18,19)20/h6-9,11-12H,4-5,10H2,1-3H3,(H,28,29)(H,21,22,23,24)/t12-,15?,16?/m0/s1. The van der Waals surface area contributed by atoms with Crippen LogP contribution in [0.15, 0.2) is 24.3 Å². The lowest BCUT2D eigenvalue weighted by molar-refractivity contribution is -0.184. The molecule has 0 aromatic carbocycles. The smallest absolute Gasteiger partial charge is 0.409 e. The van der Waals surface area contributed by atoms with Crippen LogP contribution in [0.25, 0.3) is 0 Å². The zero-order valence-corrected chi connectivity index (χ0v) is 16.2. The van der Waals surface area contributed by atoms with Gasteiger partial charge in [-0.15, -0.1) is 5.10 Å². The first-order chi connectivity index (χ1) is 13.5. The first kappa shape index (κ1) is 22.5. The van der Waals surface area contributed by atoms with E-state index in [0.717, 1.165) is 36.1 Å². The van der Waals surface area contributed by atoms with Crippen molar-refractivity contribution in [3.63, 3.8) is 0 Å². The van der Waals surface area contributed by atoms with Gasteiger partial charge in [-0.25, -0.2) is 9.89 Å². The zero-order chi connectivity index (χ0) is 21.9. The van der Waals surface area contributed by atoms with Gasteiger partial charge in [-0.05, 0) is 43.0 Å². The second-order valence-corrected chi connectivity index (χ2v) is 7.08. The molecule has 2 N–H and O–H groups in total. The summed E-state index contributed by atoms with van der Waals surface area (Å²) in [6, 6.07) is -1.06. The number of halogens is 3. The highest BCUT2D eigenvalue weighted by molar-refractivity contribution is 5.74. The number of hydrogen-bond donors (Lipinski definition) is 2. The van der Waals surface area contributed by atoms with Crippen LogP contribution in [0, 0.1) is 5.41 Å². The van der Waals surface area contributed by atoms with Gasteiger partial charge in [0, 0.05) is 0 Å². The number of rotatable bonds is 8. The van der Waals surface area contributed by atoms with Crippen molar-refractivity contribution in [2.45, 2.75) is 51.1 Å². The Morgan fingerprint density at radius 3 is 2.38 bits per heavy atom. The molecule has 160 valence electrons. The molecule has 29 heavy (non-hydrogen) atoms. The average Bonchev–Trinajstić information content (AvgIpc) is 3.14. The number of hydrogen-bond acceptors (Lipinski definition) is 6. The fourth-order valence-electron chi connectivity index (χ4n) is 3.20. The fourth-order valence-corrected chi connectivity index (χ4v) is 3.20. The summed E-state index contributed by atoms with van der Waals surface area (Å²) >= 11 is 0. The lowest BCUT2D eigenvalue weighted by Gasteiger charge is -2.48. The molecule has 9 nitrogen and oxygen atoms in total. The van der Waals surface area contributed by atoms with Crippen molar-refractivity contribution < 1.29 is 27.9 Å². The highest BCUT2D eigenvalue weighted by Crippen LogP contribution is 2.45. The molecule has 0 bridgehead atoms. The van der Waals surface area contributed by atoms with Gasteiger partial charge >= 0.3 is 12.3 Å². The number of nitrogens with zero attached hydrogens (tertiary/aromatic N) is 5. The number of carbonyl (C=O) groups excluding carboxylic acids is 1. The quantitative estimate of drug-likeness (QED) is 0.380. The summed E-state index contributed by atoms with van der Waals surface area (Å²) < 4.78 is 40.4. The van der Waals surface area contributed by atoms with E-state index in [1.807, 2.05) is 0 Å². The molecule has 0 unspecified atom stereocenters. The number of allylic oxidation sites excluding steroid dienone is 2. The molecular weight excluding hydrogens is 393 g/mol. The van der Waals surface area contributed by atoms with Crippen LogP contribution in [-0.4, -0.2) is 72.8 Å². The SMILES string of the molecule is CCC[C@@H](C=O)N(C(=O)O)C1(N(C)Cc2nnn[nH]2)C=CC(C)(C(F)(F)F)C=C1. The van der Waals surface area contributed by atoms with Gasteiger partial charge in [-0.1, -0.05) is 25.5 Å². The summed E-state index contributed by atoms with van der Waals surface area (Å²) in [5, 5.41) is 23.0. The predicted molar refractivity (Wildman–Crippen MR) is 95.4 cm³/mol. The number of aldehydes is 1. The third kappa shape index (κ3) is 4.31. The maximum atomic E-state index is 13.5. The Kier molecular flexibility index (Phi) is 6.46. The van der Waals surface area contributed by atoms with E-state index in [1.54, 1.807) is 6.92 Å². The van der Waals surface area contributed by atoms with Gasteiger partial charge in [0.05, 0.1) is 18.0 Å². The van der Waals surface area contributed by atoms with Crippen LogP contribution in [0.1, 0.15) is 32.5 Å². The third-order valence-electron chi connectivity index (χ3n) is 5.01. The van der Waals surface area contributed by atoms with Crippen molar-refractivity contribution in [3.05, 3.63) is 30.1 Å². The first-order valence-electron chi connectivity index (χ1n) is 8.89. The second kappa shape index (κ2) is 8.31. The molecular formula is C17H23F3N6O3. The Morgan fingerprint density at radius 1 is 1.34 bits per heavy atom. The molecule has 1 heterocycles. The van der Waals surface area contributed by atoms with Gasteiger partial charge in [0.25, 0.3) is 0 Å². The molecule has 0 fully saturated rings. The Balaban J connectivity index is 2.56. The maximum Gasteiger partial charge on any atom is 0.409 e. The lowest BCUT2D eigenvalue weighted by Crippen LogP contribution is -2.63. The highest BCUT2D eigenvalue weighted by Gasteiger charge is 2.53. The highest BCUT2D eigenvalue weighted by atomic mass is 19.4. The first-order valence-corrected chi connectivity index (χ1v) is 8.89. The van der Waals surface area contributed by atoms with Crippen molar-refractivity contribution in [1.82, 2.24) is 30.4 Å². The number of likely N-dealkylation sites (N-methyl/N-ethyl adjacent to an activating group) is 1. The van der Waals surface area contributed by atoms with E-state index in [-0.39, 0.29) is 18.8 Å². The summed E-state index contributed by atoms with van der Waals surface area (Å²) in [4.78, 5) is 26.1. The molecule has 1 amide bonds. The molecule has 0 radical (unpaired) electrons. The Labute approximate surface area is 165 Å². The number of amides is 1. The number of H-pyrrole nitrogens is 1. The summed E-state index contributed by atoms with van der Waals surface area (Å²) in [5.74, 6) is 0.279. The van der Waals surface area contributed by atoms with E-state index >= 15 is 0 Å². The summed E-state index contributed by atoms with van der Waals surface area (Å²) in [6.07, 6.45) is -0.667. The van der Waals surface area contributed by atoms with Gasteiger partial charge in [-0.2, -0.15) is 13.2 Å². The number of aromatic nitrogens is 4. The average molecular weight is 416 g/mol. The molecule has 1 aliphatic rings. The summed E-state index contributed by atoms with van der Waals surface area (Å²) in [7, 11) is 1.51. The van der Waals surface area contributed by atoms with E-state index in [9.17, 15) is 27.9 Å². The van der Waals surface area contributed by atoms with Gasteiger partial charge < -0.3 is 9.90 Å². The fraction of sp³-hybridized carbons (Fsp3) is 0.588. The maximum absolute atomic E-state index is 13.5. The van der Waals surface area contributed by atoms with Crippen LogP contribution in [0.2, 0.25) is 0 Å². The van der Waals surface area contributed by atoms with Gasteiger partial charge in [0.15, 0.2) is 5.82 Å². The van der Waals surface area contributed by atoms with E-state index < -0.39 is 29.4 Å². The molecule has 2 rings (SSSR count). The molecule has 0 saturated carbocycles.